The molecule has 0 radical (unpaired) electrons. The highest BCUT2D eigenvalue weighted by Gasteiger charge is 2.27. The Hall–Kier alpha value is -0.570. The van der Waals surface area contributed by atoms with Crippen LogP contribution in [0.5, 0.6) is 0 Å². The van der Waals surface area contributed by atoms with Crippen LogP contribution in [0.15, 0.2) is 12.2 Å². The molecule has 1 saturated heterocycles. The molecule has 1 heterocycles. The molecule has 2 rings (SSSR count). The van der Waals surface area contributed by atoms with E-state index in [0.29, 0.717) is 17.1 Å². The molecule has 2 nitrogen and oxygen atoms in total. The van der Waals surface area contributed by atoms with Crippen molar-refractivity contribution in [2.45, 2.75) is 18.9 Å². The first kappa shape index (κ1) is 7.10. The minimum atomic E-state index is 0.529. The van der Waals surface area contributed by atoms with Gasteiger partial charge in [-0.1, -0.05) is 12.2 Å². The molecule has 0 unspecified atom stereocenters. The summed E-state index contributed by atoms with van der Waals surface area (Å²) in [6.45, 7) is 0.792. The second kappa shape index (κ2) is 2.81. The van der Waals surface area contributed by atoms with Crippen molar-refractivity contribution in [2.75, 3.05) is 6.61 Å². The Morgan fingerprint density at radius 3 is 3.18 bits per heavy atom. The molecule has 0 bridgehead atoms. The molecule has 1 aliphatic carbocycles. The molecule has 0 amide bonds. The normalized spacial score (nSPS) is 35.5. The van der Waals surface area contributed by atoms with Crippen molar-refractivity contribution in [3.63, 3.8) is 0 Å². The van der Waals surface area contributed by atoms with Crippen molar-refractivity contribution in [1.82, 2.24) is 5.32 Å². The lowest BCUT2D eigenvalue weighted by Gasteiger charge is -2.34. The Kier molecular flexibility index (Phi) is 1.82. The van der Waals surface area contributed by atoms with E-state index in [1.165, 1.54) is 0 Å². The predicted octanol–water partition coefficient (Wildman–Crippen LogP) is 1.23. The zero-order chi connectivity index (χ0) is 7.68. The number of allylic oxidation sites excluding steroid dienone is 1. The Bertz CT molecular complexity index is 202. The fourth-order valence-corrected chi connectivity index (χ4v) is 1.83. The molecule has 1 N–H and O–H groups in total. The molecule has 0 aromatic carbocycles. The lowest BCUT2D eigenvalue weighted by molar-refractivity contribution is 0.160. The zero-order valence-electron chi connectivity index (χ0n) is 6.25. The van der Waals surface area contributed by atoms with Gasteiger partial charge in [-0.15, -0.1) is 0 Å². The molecule has 2 atom stereocenters. The van der Waals surface area contributed by atoms with Gasteiger partial charge in [0, 0.05) is 12.0 Å². The highest BCUT2D eigenvalue weighted by atomic mass is 32.1. The minimum absolute atomic E-state index is 0.529. The van der Waals surface area contributed by atoms with E-state index in [2.05, 4.69) is 17.5 Å². The second-order valence-corrected chi connectivity index (χ2v) is 3.42. The van der Waals surface area contributed by atoms with Crippen LogP contribution in [0, 0.1) is 5.92 Å². The van der Waals surface area contributed by atoms with Gasteiger partial charge in [-0.3, -0.25) is 0 Å². The Morgan fingerprint density at radius 2 is 2.27 bits per heavy atom. The van der Waals surface area contributed by atoms with E-state index in [4.69, 9.17) is 17.0 Å². The standard InChI is InChI=1S/C8H11NOS/c11-8-9-7-4-2-1-3-6(7)5-10-8/h1-2,6-7H,3-5H2,(H,9,11)/t6-,7+/m1/s1. The zero-order valence-corrected chi connectivity index (χ0v) is 7.06. The third-order valence-electron chi connectivity index (χ3n) is 2.30. The van der Waals surface area contributed by atoms with E-state index in [1.807, 2.05) is 0 Å². The summed E-state index contributed by atoms with van der Waals surface area (Å²) in [5, 5.41) is 3.75. The minimum Gasteiger partial charge on any atom is -0.471 e. The summed E-state index contributed by atoms with van der Waals surface area (Å²) in [5.74, 6) is 0.631. The summed E-state index contributed by atoms with van der Waals surface area (Å²) in [6, 6.07) is 0.529. The maximum Gasteiger partial charge on any atom is 0.256 e. The van der Waals surface area contributed by atoms with Gasteiger partial charge in [-0.2, -0.15) is 0 Å². The van der Waals surface area contributed by atoms with E-state index in [1.54, 1.807) is 0 Å². The average molecular weight is 169 g/mol. The maximum absolute atomic E-state index is 5.23. The number of hydrogen-bond acceptors (Lipinski definition) is 2. The summed E-state index contributed by atoms with van der Waals surface area (Å²) in [7, 11) is 0. The first-order valence-corrected chi connectivity index (χ1v) is 4.35. The van der Waals surface area contributed by atoms with Gasteiger partial charge in [0.05, 0.1) is 6.61 Å². The Morgan fingerprint density at radius 1 is 1.45 bits per heavy atom. The Labute approximate surface area is 71.6 Å². The second-order valence-electron chi connectivity index (χ2n) is 3.05. The van der Waals surface area contributed by atoms with Crippen LogP contribution in [0.25, 0.3) is 0 Å². The number of nitrogens with one attached hydrogen (secondary N) is 1. The number of ether oxygens (including phenoxy) is 1. The number of rotatable bonds is 0. The summed E-state index contributed by atoms with van der Waals surface area (Å²) < 4.78 is 5.23. The van der Waals surface area contributed by atoms with Crippen LogP contribution in [-0.2, 0) is 4.74 Å². The quantitative estimate of drug-likeness (QED) is 0.435. The van der Waals surface area contributed by atoms with Gasteiger partial charge in [-0.25, -0.2) is 0 Å². The lowest BCUT2D eigenvalue weighted by atomic mass is 9.89. The fourth-order valence-electron chi connectivity index (χ4n) is 1.61. The first-order chi connectivity index (χ1) is 5.36. The molecule has 2 aliphatic rings. The fraction of sp³-hybridized carbons (Fsp3) is 0.625. The van der Waals surface area contributed by atoms with Crippen molar-refractivity contribution in [3.8, 4) is 0 Å². The Balaban J connectivity index is 2.06. The molecule has 1 aliphatic heterocycles. The van der Waals surface area contributed by atoms with E-state index >= 15 is 0 Å². The van der Waals surface area contributed by atoms with E-state index in [-0.39, 0.29) is 0 Å². The van der Waals surface area contributed by atoms with Gasteiger partial charge in [-0.05, 0) is 25.1 Å². The molecule has 1 fully saturated rings. The maximum atomic E-state index is 5.23. The highest BCUT2D eigenvalue weighted by molar-refractivity contribution is 7.80. The lowest BCUT2D eigenvalue weighted by Crippen LogP contribution is -2.48. The van der Waals surface area contributed by atoms with Crippen LogP contribution in [0.3, 0.4) is 0 Å². The van der Waals surface area contributed by atoms with Gasteiger partial charge in [0.1, 0.15) is 0 Å². The molecule has 0 aromatic heterocycles. The van der Waals surface area contributed by atoms with Gasteiger partial charge in [0.15, 0.2) is 0 Å². The largest absolute Gasteiger partial charge is 0.471 e. The van der Waals surface area contributed by atoms with Crippen molar-refractivity contribution in [2.24, 2.45) is 5.92 Å². The third kappa shape index (κ3) is 1.38. The number of thiocarbonyl (C=S) groups is 1. The first-order valence-electron chi connectivity index (χ1n) is 3.94. The number of hydrogen-bond donors (Lipinski definition) is 1. The highest BCUT2D eigenvalue weighted by Crippen LogP contribution is 2.22. The van der Waals surface area contributed by atoms with Crippen LogP contribution in [0.4, 0.5) is 0 Å². The van der Waals surface area contributed by atoms with Gasteiger partial charge >= 0.3 is 0 Å². The molecule has 0 spiro atoms. The average Bonchev–Trinajstić information content (AvgIpc) is 2.04. The third-order valence-corrected chi connectivity index (χ3v) is 2.53. The van der Waals surface area contributed by atoms with E-state index in [9.17, 15) is 0 Å². The van der Waals surface area contributed by atoms with Crippen molar-refractivity contribution < 1.29 is 4.74 Å². The molecular weight excluding hydrogens is 158 g/mol. The van der Waals surface area contributed by atoms with Crippen molar-refractivity contribution in [1.29, 1.82) is 0 Å². The van der Waals surface area contributed by atoms with Crippen molar-refractivity contribution in [3.05, 3.63) is 12.2 Å². The SMILES string of the molecule is S=C1N[C@H]2CC=CC[C@@H]2CO1. The summed E-state index contributed by atoms with van der Waals surface area (Å²) in [4.78, 5) is 0. The van der Waals surface area contributed by atoms with Crippen LogP contribution in [-0.4, -0.2) is 17.8 Å². The van der Waals surface area contributed by atoms with Crippen LogP contribution >= 0.6 is 12.2 Å². The van der Waals surface area contributed by atoms with Gasteiger partial charge in [0.25, 0.3) is 5.17 Å². The van der Waals surface area contributed by atoms with E-state index < -0.39 is 0 Å². The smallest absolute Gasteiger partial charge is 0.256 e. The van der Waals surface area contributed by atoms with Crippen LogP contribution in [0.1, 0.15) is 12.8 Å². The van der Waals surface area contributed by atoms with Crippen molar-refractivity contribution >= 4 is 17.4 Å². The molecular formula is C8H11NOS. The number of fused-ring (bicyclic) bond motifs is 1. The summed E-state index contributed by atoms with van der Waals surface area (Å²) in [6.07, 6.45) is 6.65. The summed E-state index contributed by atoms with van der Waals surface area (Å²) >= 11 is 4.92. The van der Waals surface area contributed by atoms with Crippen LogP contribution in [0.2, 0.25) is 0 Å². The molecule has 3 heteroatoms. The monoisotopic (exact) mass is 169 g/mol. The predicted molar refractivity (Wildman–Crippen MR) is 47.3 cm³/mol. The van der Waals surface area contributed by atoms with E-state index in [0.717, 1.165) is 19.4 Å². The molecule has 11 heavy (non-hydrogen) atoms. The van der Waals surface area contributed by atoms with Gasteiger partial charge in [0.2, 0.25) is 0 Å². The molecule has 60 valence electrons. The molecule has 0 aromatic rings. The van der Waals surface area contributed by atoms with Gasteiger partial charge < -0.3 is 10.1 Å². The topological polar surface area (TPSA) is 21.3 Å². The van der Waals surface area contributed by atoms with Crippen LogP contribution < -0.4 is 5.32 Å². The molecule has 0 saturated carbocycles. The summed E-state index contributed by atoms with van der Waals surface area (Å²) in [5.41, 5.74) is 0.